The molecule has 1 heterocycles. The van der Waals surface area contributed by atoms with Gasteiger partial charge in [-0.2, -0.15) is 0 Å². The maximum atomic E-state index is 13.1. The average Bonchev–Trinajstić information content (AvgIpc) is 2.28. The van der Waals surface area contributed by atoms with E-state index in [0.29, 0.717) is 0 Å². The van der Waals surface area contributed by atoms with Crippen molar-refractivity contribution in [1.29, 1.82) is 0 Å². The van der Waals surface area contributed by atoms with Crippen LogP contribution in [0.1, 0.15) is 39.5 Å². The fourth-order valence-electron chi connectivity index (χ4n) is 2.84. The lowest BCUT2D eigenvalue weighted by Gasteiger charge is -2.49. The third-order valence-electron chi connectivity index (χ3n) is 4.48. The predicted molar refractivity (Wildman–Crippen MR) is 63.8 cm³/mol. The molecule has 0 bridgehead atoms. The summed E-state index contributed by atoms with van der Waals surface area (Å²) in [7, 11) is 0. The van der Waals surface area contributed by atoms with Crippen LogP contribution in [0, 0.1) is 10.8 Å². The van der Waals surface area contributed by atoms with Crippen molar-refractivity contribution in [2.24, 2.45) is 10.8 Å². The van der Waals surface area contributed by atoms with Crippen LogP contribution >= 0.6 is 0 Å². The zero-order chi connectivity index (χ0) is 14.5. The third kappa shape index (κ3) is 2.44. The Morgan fingerprint density at radius 3 is 1.89 bits per heavy atom. The second kappa shape index (κ2) is 4.15. The molecule has 108 valence electrons. The molecule has 0 atom stereocenters. The number of halogens is 2. The number of likely N-dealkylation sites (tertiary alicyclic amines) is 1. The molecule has 2 fully saturated rings. The van der Waals surface area contributed by atoms with E-state index in [1.807, 2.05) is 0 Å². The van der Waals surface area contributed by atoms with Crippen molar-refractivity contribution in [2.75, 3.05) is 13.1 Å². The highest BCUT2D eigenvalue weighted by Gasteiger charge is 2.53. The topological polar surface area (TPSA) is 57.6 Å². The predicted octanol–water partition coefficient (Wildman–Crippen LogP) is 2.14. The normalized spacial score (nSPS) is 27.5. The molecule has 2 aliphatic rings. The van der Waals surface area contributed by atoms with Gasteiger partial charge in [0.2, 0.25) is 11.8 Å². The number of carboxylic acid groups (broad SMARTS) is 1. The lowest BCUT2D eigenvalue weighted by atomic mass is 9.71. The first-order valence-electron chi connectivity index (χ1n) is 6.49. The molecule has 6 heteroatoms. The first-order chi connectivity index (χ1) is 8.58. The number of hydrogen-bond donors (Lipinski definition) is 1. The molecule has 19 heavy (non-hydrogen) atoms. The minimum atomic E-state index is -2.66. The second-order valence-corrected chi connectivity index (χ2v) is 6.44. The number of alkyl halides is 2. The van der Waals surface area contributed by atoms with Crippen LogP contribution < -0.4 is 0 Å². The monoisotopic (exact) mass is 275 g/mol. The highest BCUT2D eigenvalue weighted by atomic mass is 19.3. The molecule has 0 aromatic rings. The Balaban J connectivity index is 1.97. The molecule has 4 nitrogen and oxygen atoms in total. The first-order valence-corrected chi connectivity index (χ1v) is 6.49. The van der Waals surface area contributed by atoms with E-state index in [0.717, 1.165) is 0 Å². The SMILES string of the molecule is CC1(C(=O)O)CN(C(=O)C2(C)CCC(F)(F)CC2)C1. The summed E-state index contributed by atoms with van der Waals surface area (Å²) < 4.78 is 26.3. The van der Waals surface area contributed by atoms with Gasteiger partial charge in [0.25, 0.3) is 0 Å². The van der Waals surface area contributed by atoms with E-state index in [1.165, 1.54) is 4.90 Å². The van der Waals surface area contributed by atoms with Gasteiger partial charge in [0.15, 0.2) is 0 Å². The van der Waals surface area contributed by atoms with Crippen molar-refractivity contribution in [3.05, 3.63) is 0 Å². The van der Waals surface area contributed by atoms with Crippen LogP contribution in [-0.4, -0.2) is 40.9 Å². The standard InChI is InChI=1S/C13H19F2NO3/c1-11(3-5-13(14,15)6-4-11)9(17)16-7-12(2,8-16)10(18)19/h3-8H2,1-2H3,(H,18,19). The van der Waals surface area contributed by atoms with E-state index >= 15 is 0 Å². The maximum Gasteiger partial charge on any atom is 0.312 e. The minimum absolute atomic E-state index is 0.166. The van der Waals surface area contributed by atoms with Gasteiger partial charge >= 0.3 is 5.97 Å². The fraction of sp³-hybridized carbons (Fsp3) is 0.846. The van der Waals surface area contributed by atoms with Gasteiger partial charge in [0.1, 0.15) is 0 Å². The number of carbonyl (C=O) groups excluding carboxylic acids is 1. The van der Waals surface area contributed by atoms with Crippen LogP contribution in [-0.2, 0) is 9.59 Å². The number of rotatable bonds is 2. The maximum absolute atomic E-state index is 13.1. The van der Waals surface area contributed by atoms with Gasteiger partial charge < -0.3 is 10.0 Å². The highest BCUT2D eigenvalue weighted by Crippen LogP contribution is 2.46. The lowest BCUT2D eigenvalue weighted by molar-refractivity contribution is -0.171. The minimum Gasteiger partial charge on any atom is -0.481 e. The quantitative estimate of drug-likeness (QED) is 0.840. The van der Waals surface area contributed by atoms with E-state index in [4.69, 9.17) is 5.11 Å². The molecule has 1 N–H and O–H groups in total. The van der Waals surface area contributed by atoms with Gasteiger partial charge in [-0.1, -0.05) is 6.92 Å². The van der Waals surface area contributed by atoms with Crippen LogP contribution in [0.15, 0.2) is 0 Å². The molecule has 0 aromatic heterocycles. The Hall–Kier alpha value is -1.20. The molecule has 0 aromatic carbocycles. The number of aliphatic carboxylic acids is 1. The third-order valence-corrected chi connectivity index (χ3v) is 4.48. The average molecular weight is 275 g/mol. The Bertz CT molecular complexity index is 406. The van der Waals surface area contributed by atoms with Crippen LogP contribution in [0.5, 0.6) is 0 Å². The van der Waals surface area contributed by atoms with E-state index in [2.05, 4.69) is 0 Å². The molecule has 1 amide bonds. The molecule has 1 aliphatic heterocycles. The number of carbonyl (C=O) groups is 2. The van der Waals surface area contributed by atoms with Crippen molar-refractivity contribution in [1.82, 2.24) is 4.90 Å². The smallest absolute Gasteiger partial charge is 0.312 e. The summed E-state index contributed by atoms with van der Waals surface area (Å²) in [5.74, 6) is -3.76. The van der Waals surface area contributed by atoms with Crippen molar-refractivity contribution < 1.29 is 23.5 Å². The van der Waals surface area contributed by atoms with Gasteiger partial charge in [0, 0.05) is 31.3 Å². The van der Waals surface area contributed by atoms with Crippen LogP contribution in [0.3, 0.4) is 0 Å². The van der Waals surface area contributed by atoms with Gasteiger partial charge in [-0.05, 0) is 19.8 Å². The molecule has 2 rings (SSSR count). The lowest BCUT2D eigenvalue weighted by Crippen LogP contribution is -2.63. The Labute approximate surface area is 110 Å². The largest absolute Gasteiger partial charge is 0.481 e. The Kier molecular flexibility index (Phi) is 3.10. The summed E-state index contributed by atoms with van der Waals surface area (Å²) in [6.07, 6.45) is -0.198. The molecule has 0 unspecified atom stereocenters. The van der Waals surface area contributed by atoms with Crippen molar-refractivity contribution in [2.45, 2.75) is 45.5 Å². The van der Waals surface area contributed by atoms with Gasteiger partial charge in [0.05, 0.1) is 5.41 Å². The molecule has 1 saturated carbocycles. The number of nitrogens with zero attached hydrogens (tertiary/aromatic N) is 1. The number of amides is 1. The summed E-state index contributed by atoms with van der Waals surface area (Å²) in [6.45, 7) is 3.65. The zero-order valence-electron chi connectivity index (χ0n) is 11.2. The van der Waals surface area contributed by atoms with Crippen LogP contribution in [0.4, 0.5) is 8.78 Å². The first kappa shape index (κ1) is 14.2. The van der Waals surface area contributed by atoms with Crippen molar-refractivity contribution in [3.63, 3.8) is 0 Å². The number of hydrogen-bond acceptors (Lipinski definition) is 2. The van der Waals surface area contributed by atoms with Crippen molar-refractivity contribution in [3.8, 4) is 0 Å². The van der Waals surface area contributed by atoms with Gasteiger partial charge in [-0.15, -0.1) is 0 Å². The van der Waals surface area contributed by atoms with E-state index in [1.54, 1.807) is 13.8 Å². The van der Waals surface area contributed by atoms with Crippen molar-refractivity contribution >= 4 is 11.9 Å². The summed E-state index contributed by atoms with van der Waals surface area (Å²) in [5, 5.41) is 9.00. The highest BCUT2D eigenvalue weighted by molar-refractivity contribution is 5.86. The van der Waals surface area contributed by atoms with E-state index in [-0.39, 0.29) is 44.7 Å². The molecule has 1 aliphatic carbocycles. The summed E-state index contributed by atoms with van der Waals surface area (Å²) in [4.78, 5) is 24.8. The Morgan fingerprint density at radius 1 is 1.00 bits per heavy atom. The molecule has 0 spiro atoms. The van der Waals surface area contributed by atoms with E-state index < -0.39 is 22.7 Å². The van der Waals surface area contributed by atoms with Crippen LogP contribution in [0.25, 0.3) is 0 Å². The van der Waals surface area contributed by atoms with Gasteiger partial charge in [-0.25, -0.2) is 8.78 Å². The van der Waals surface area contributed by atoms with Gasteiger partial charge in [-0.3, -0.25) is 9.59 Å². The summed E-state index contributed by atoms with van der Waals surface area (Å²) in [6, 6.07) is 0. The number of carboxylic acids is 1. The Morgan fingerprint density at radius 2 is 1.47 bits per heavy atom. The molecule has 0 radical (unpaired) electrons. The second-order valence-electron chi connectivity index (χ2n) is 6.44. The molecule has 1 saturated heterocycles. The fourth-order valence-corrected chi connectivity index (χ4v) is 2.84. The zero-order valence-corrected chi connectivity index (χ0v) is 11.2. The summed E-state index contributed by atoms with van der Waals surface area (Å²) >= 11 is 0. The molecular formula is C13H19F2NO3. The summed E-state index contributed by atoms with van der Waals surface area (Å²) in [5.41, 5.74) is -1.65. The van der Waals surface area contributed by atoms with Crippen LogP contribution in [0.2, 0.25) is 0 Å². The molecular weight excluding hydrogens is 256 g/mol. The van der Waals surface area contributed by atoms with E-state index in [9.17, 15) is 18.4 Å².